The number of rotatable bonds is 8. The van der Waals surface area contributed by atoms with Crippen LogP contribution in [0, 0.1) is 6.92 Å². The first-order chi connectivity index (χ1) is 10.9. The molecule has 0 fully saturated rings. The molecule has 0 radical (unpaired) electrons. The van der Waals surface area contributed by atoms with Crippen LogP contribution in [0.4, 0.5) is 0 Å². The third-order valence-electron chi connectivity index (χ3n) is 3.43. The first-order valence-corrected chi connectivity index (χ1v) is 8.81. The van der Waals surface area contributed by atoms with Gasteiger partial charge in [-0.3, -0.25) is 4.90 Å². The lowest BCUT2D eigenvalue weighted by Gasteiger charge is -2.27. The van der Waals surface area contributed by atoms with Gasteiger partial charge in [-0.2, -0.15) is 0 Å². The number of aryl methyl sites for hydroxylation is 1. The maximum atomic E-state index is 9.95. The zero-order valence-corrected chi connectivity index (χ0v) is 15.2. The summed E-state index contributed by atoms with van der Waals surface area (Å²) in [6.45, 7) is 10.6. The van der Waals surface area contributed by atoms with Crippen molar-refractivity contribution in [3.63, 3.8) is 0 Å². The van der Waals surface area contributed by atoms with E-state index >= 15 is 0 Å². The van der Waals surface area contributed by atoms with E-state index in [2.05, 4.69) is 29.1 Å². The van der Waals surface area contributed by atoms with Crippen molar-refractivity contribution in [3.8, 4) is 5.75 Å². The molecule has 23 heavy (non-hydrogen) atoms. The Morgan fingerprint density at radius 2 is 1.96 bits per heavy atom. The second-order valence-corrected chi connectivity index (χ2v) is 7.39. The van der Waals surface area contributed by atoms with E-state index in [-0.39, 0.29) is 0 Å². The largest absolute Gasteiger partial charge is 0.486 e. The van der Waals surface area contributed by atoms with Gasteiger partial charge in [0.15, 0.2) is 0 Å². The number of benzene rings is 1. The predicted octanol–water partition coefficient (Wildman–Crippen LogP) is 3.62. The van der Waals surface area contributed by atoms with Crippen LogP contribution in [-0.4, -0.2) is 33.7 Å². The minimum atomic E-state index is -0.691. The fourth-order valence-corrected chi connectivity index (χ4v) is 3.02. The summed E-state index contributed by atoms with van der Waals surface area (Å²) in [5, 5.41) is 13.0. The first-order valence-electron chi connectivity index (χ1n) is 7.93. The minimum absolute atomic E-state index is 0.491. The molecular formula is C18H26N2O2S. The Labute approximate surface area is 142 Å². The van der Waals surface area contributed by atoms with Gasteiger partial charge in [0.05, 0.1) is 11.3 Å². The number of aromatic nitrogens is 1. The quantitative estimate of drug-likeness (QED) is 0.801. The molecule has 1 aromatic heterocycles. The molecule has 0 aliphatic carbocycles. The molecule has 1 N–H and O–H groups in total. The zero-order chi connectivity index (χ0) is 16.9. The van der Waals surface area contributed by atoms with Crippen LogP contribution in [0.3, 0.4) is 0 Å². The third kappa shape index (κ3) is 6.29. The number of hydrogen-bond acceptors (Lipinski definition) is 5. The molecule has 4 nitrogen and oxygen atoms in total. The van der Waals surface area contributed by atoms with Gasteiger partial charge in [0.25, 0.3) is 0 Å². The number of likely N-dealkylation sites (N-methyl/N-ethyl adjacent to an activating group) is 1. The molecule has 2 rings (SSSR count). The Kier molecular flexibility index (Phi) is 6.16. The second kappa shape index (κ2) is 7.90. The molecule has 0 spiro atoms. The summed E-state index contributed by atoms with van der Waals surface area (Å²) in [4.78, 5) is 6.82. The molecular weight excluding hydrogens is 308 g/mol. The lowest BCUT2D eigenvalue weighted by Crippen LogP contribution is -2.38. The highest BCUT2D eigenvalue weighted by Gasteiger charge is 2.18. The van der Waals surface area contributed by atoms with Gasteiger partial charge in [-0.1, -0.05) is 24.6 Å². The Balaban J connectivity index is 1.88. The van der Waals surface area contributed by atoms with Crippen LogP contribution >= 0.6 is 11.3 Å². The van der Waals surface area contributed by atoms with E-state index in [9.17, 15) is 5.11 Å². The van der Waals surface area contributed by atoms with Crippen molar-refractivity contribution in [2.24, 2.45) is 0 Å². The Morgan fingerprint density at radius 1 is 1.26 bits per heavy atom. The third-order valence-corrected chi connectivity index (χ3v) is 4.30. The van der Waals surface area contributed by atoms with Crippen LogP contribution in [0.15, 0.2) is 29.6 Å². The van der Waals surface area contributed by atoms with E-state index in [1.807, 2.05) is 38.1 Å². The molecule has 0 saturated heterocycles. The number of ether oxygens (including phenoxy) is 1. The van der Waals surface area contributed by atoms with E-state index in [0.29, 0.717) is 13.2 Å². The van der Waals surface area contributed by atoms with Gasteiger partial charge in [-0.05, 0) is 39.4 Å². The minimum Gasteiger partial charge on any atom is -0.486 e. The molecule has 5 heteroatoms. The molecule has 0 saturated carbocycles. The molecule has 126 valence electrons. The van der Waals surface area contributed by atoms with E-state index in [4.69, 9.17) is 4.74 Å². The number of thiazole rings is 1. The van der Waals surface area contributed by atoms with Gasteiger partial charge in [0.1, 0.15) is 17.4 Å². The number of nitrogens with zero attached hydrogens (tertiary/aromatic N) is 2. The van der Waals surface area contributed by atoms with Crippen molar-refractivity contribution in [1.29, 1.82) is 0 Å². The van der Waals surface area contributed by atoms with Crippen molar-refractivity contribution < 1.29 is 9.84 Å². The van der Waals surface area contributed by atoms with Gasteiger partial charge >= 0.3 is 0 Å². The molecule has 0 bridgehead atoms. The Bertz CT molecular complexity index is 602. The number of aliphatic hydroxyl groups is 1. The normalized spacial score (nSPS) is 11.9. The summed E-state index contributed by atoms with van der Waals surface area (Å²) in [6, 6.07) is 8.04. The SMILES string of the molecule is CCN(Cc1csc(COc2ccc(C)cc2)n1)CC(C)(C)O. The van der Waals surface area contributed by atoms with E-state index in [1.165, 1.54) is 5.56 Å². The van der Waals surface area contributed by atoms with Gasteiger partial charge < -0.3 is 9.84 Å². The van der Waals surface area contributed by atoms with Crippen molar-refractivity contribution in [3.05, 3.63) is 45.9 Å². The van der Waals surface area contributed by atoms with Gasteiger partial charge in [0.2, 0.25) is 0 Å². The lowest BCUT2D eigenvalue weighted by atomic mass is 10.1. The summed E-state index contributed by atoms with van der Waals surface area (Å²) in [7, 11) is 0. The summed E-state index contributed by atoms with van der Waals surface area (Å²) >= 11 is 1.62. The van der Waals surface area contributed by atoms with Crippen LogP contribution in [0.2, 0.25) is 0 Å². The van der Waals surface area contributed by atoms with Crippen molar-refractivity contribution in [2.45, 2.75) is 46.4 Å². The molecule has 2 aromatic rings. The fraction of sp³-hybridized carbons (Fsp3) is 0.500. The van der Waals surface area contributed by atoms with Gasteiger partial charge in [-0.25, -0.2) is 4.98 Å². The smallest absolute Gasteiger partial charge is 0.140 e. The van der Waals surface area contributed by atoms with Crippen molar-refractivity contribution in [1.82, 2.24) is 9.88 Å². The summed E-state index contributed by atoms with van der Waals surface area (Å²) < 4.78 is 5.77. The molecule has 0 aliphatic rings. The van der Waals surface area contributed by atoms with E-state index < -0.39 is 5.60 Å². The number of hydrogen-bond donors (Lipinski definition) is 1. The summed E-state index contributed by atoms with van der Waals surface area (Å²) in [6.07, 6.45) is 0. The van der Waals surface area contributed by atoms with E-state index in [0.717, 1.165) is 29.5 Å². The zero-order valence-electron chi connectivity index (χ0n) is 14.4. The van der Waals surface area contributed by atoms with Crippen LogP contribution in [0.1, 0.15) is 37.0 Å². The molecule has 0 amide bonds. The highest BCUT2D eigenvalue weighted by molar-refractivity contribution is 7.09. The topological polar surface area (TPSA) is 45.6 Å². The van der Waals surface area contributed by atoms with Gasteiger partial charge in [0, 0.05) is 18.5 Å². The highest BCUT2D eigenvalue weighted by atomic mass is 32.1. The van der Waals surface area contributed by atoms with Crippen LogP contribution < -0.4 is 4.74 Å². The summed E-state index contributed by atoms with van der Waals surface area (Å²) in [5.41, 5.74) is 1.56. The average molecular weight is 334 g/mol. The summed E-state index contributed by atoms with van der Waals surface area (Å²) in [5.74, 6) is 0.865. The van der Waals surface area contributed by atoms with Crippen LogP contribution in [0.25, 0.3) is 0 Å². The van der Waals surface area contributed by atoms with Crippen molar-refractivity contribution in [2.75, 3.05) is 13.1 Å². The second-order valence-electron chi connectivity index (χ2n) is 6.45. The predicted molar refractivity (Wildman–Crippen MR) is 94.9 cm³/mol. The van der Waals surface area contributed by atoms with Crippen LogP contribution in [-0.2, 0) is 13.2 Å². The fourth-order valence-electron chi connectivity index (χ4n) is 2.32. The molecule has 0 unspecified atom stereocenters. The maximum Gasteiger partial charge on any atom is 0.140 e. The highest BCUT2D eigenvalue weighted by Crippen LogP contribution is 2.17. The lowest BCUT2D eigenvalue weighted by molar-refractivity contribution is 0.0350. The van der Waals surface area contributed by atoms with Crippen LogP contribution in [0.5, 0.6) is 5.75 Å². The van der Waals surface area contributed by atoms with E-state index in [1.54, 1.807) is 11.3 Å². The van der Waals surface area contributed by atoms with Gasteiger partial charge in [-0.15, -0.1) is 11.3 Å². The monoisotopic (exact) mass is 334 g/mol. The average Bonchev–Trinajstić information content (AvgIpc) is 2.92. The Morgan fingerprint density at radius 3 is 2.57 bits per heavy atom. The molecule has 1 heterocycles. The van der Waals surface area contributed by atoms with Crippen molar-refractivity contribution >= 4 is 11.3 Å². The molecule has 0 aliphatic heterocycles. The molecule has 0 atom stereocenters. The molecule has 1 aromatic carbocycles. The maximum absolute atomic E-state index is 9.95. The first kappa shape index (κ1) is 17.9. The Hall–Kier alpha value is -1.43. The standard InChI is InChI=1S/C18H26N2O2S/c1-5-20(13-18(3,4)21)10-15-12-23-17(19-15)11-22-16-8-6-14(2)7-9-16/h6-9,12,21H,5,10-11,13H2,1-4H3.